The lowest BCUT2D eigenvalue weighted by atomic mass is 9.97. The van der Waals surface area contributed by atoms with Crippen LogP contribution in [0.1, 0.15) is 38.2 Å². The molecule has 0 bridgehead atoms. The Morgan fingerprint density at radius 1 is 1.19 bits per heavy atom. The molecule has 136 valence electrons. The van der Waals surface area contributed by atoms with Crippen molar-refractivity contribution in [3.63, 3.8) is 0 Å². The quantitative estimate of drug-likeness (QED) is 0.806. The number of nitrogens with zero attached hydrogens (tertiary/aromatic N) is 1. The Kier molecular flexibility index (Phi) is 5.99. The number of thioether (sulfide) groups is 1. The van der Waals surface area contributed by atoms with Crippen LogP contribution in [0.5, 0.6) is 0 Å². The average molecular weight is 369 g/mol. The van der Waals surface area contributed by atoms with Gasteiger partial charge in [-0.2, -0.15) is 0 Å². The molecule has 0 radical (unpaired) electrons. The summed E-state index contributed by atoms with van der Waals surface area (Å²) in [6, 6.07) is 15.8. The minimum atomic E-state index is -0.0655. The number of nitrogens with one attached hydrogen (secondary N) is 1. The highest BCUT2D eigenvalue weighted by Crippen LogP contribution is 2.35. The first-order chi connectivity index (χ1) is 12.6. The van der Waals surface area contributed by atoms with E-state index < -0.39 is 0 Å². The highest BCUT2D eigenvalue weighted by molar-refractivity contribution is 8.00. The van der Waals surface area contributed by atoms with E-state index in [0.717, 1.165) is 28.3 Å². The highest BCUT2D eigenvalue weighted by atomic mass is 32.2. The van der Waals surface area contributed by atoms with Gasteiger partial charge in [0.2, 0.25) is 11.8 Å². The summed E-state index contributed by atoms with van der Waals surface area (Å²) in [4.78, 5) is 27.6. The van der Waals surface area contributed by atoms with Gasteiger partial charge in [-0.3, -0.25) is 9.59 Å². The van der Waals surface area contributed by atoms with Crippen molar-refractivity contribution in [2.75, 3.05) is 22.5 Å². The zero-order valence-corrected chi connectivity index (χ0v) is 16.0. The predicted molar refractivity (Wildman–Crippen MR) is 108 cm³/mol. The molecule has 2 aromatic rings. The van der Waals surface area contributed by atoms with Gasteiger partial charge in [-0.25, -0.2) is 0 Å². The molecular weight excluding hydrogens is 344 g/mol. The topological polar surface area (TPSA) is 49.4 Å². The molecule has 1 aliphatic rings. The molecule has 26 heavy (non-hydrogen) atoms. The zero-order valence-electron chi connectivity index (χ0n) is 15.2. The number of fused-ring (bicyclic) bond motifs is 1. The first kappa shape index (κ1) is 18.5. The van der Waals surface area contributed by atoms with Gasteiger partial charge in [0.15, 0.2) is 0 Å². The summed E-state index contributed by atoms with van der Waals surface area (Å²) in [5, 5.41) is 3.02. The lowest BCUT2D eigenvalue weighted by Gasteiger charge is -2.28. The van der Waals surface area contributed by atoms with Crippen molar-refractivity contribution in [3.05, 3.63) is 54.1 Å². The molecule has 1 unspecified atom stereocenters. The molecule has 1 N–H and O–H groups in total. The minimum Gasteiger partial charge on any atom is -0.326 e. The third kappa shape index (κ3) is 4.10. The van der Waals surface area contributed by atoms with Crippen LogP contribution in [0.4, 0.5) is 11.4 Å². The number of para-hydroxylation sites is 2. The van der Waals surface area contributed by atoms with Gasteiger partial charge in [-0.15, -0.1) is 11.8 Å². The van der Waals surface area contributed by atoms with Crippen molar-refractivity contribution >= 4 is 35.0 Å². The van der Waals surface area contributed by atoms with Crippen LogP contribution in [0.25, 0.3) is 0 Å². The van der Waals surface area contributed by atoms with Crippen LogP contribution >= 0.6 is 11.8 Å². The van der Waals surface area contributed by atoms with E-state index >= 15 is 0 Å². The van der Waals surface area contributed by atoms with Crippen molar-refractivity contribution in [3.8, 4) is 0 Å². The zero-order chi connectivity index (χ0) is 18.5. The molecule has 3 rings (SSSR count). The smallest absolute Gasteiger partial charge is 0.237 e. The lowest BCUT2D eigenvalue weighted by molar-refractivity contribution is -0.117. The van der Waals surface area contributed by atoms with E-state index in [1.54, 1.807) is 16.7 Å². The fraction of sp³-hybridized carbons (Fsp3) is 0.333. The van der Waals surface area contributed by atoms with Gasteiger partial charge in [0, 0.05) is 23.5 Å². The third-order valence-corrected chi connectivity index (χ3v) is 5.80. The fourth-order valence-corrected chi connectivity index (χ4v) is 4.02. The maximum atomic E-state index is 12.5. The Hall–Kier alpha value is -2.27. The van der Waals surface area contributed by atoms with Gasteiger partial charge < -0.3 is 10.2 Å². The fourth-order valence-electron chi connectivity index (χ4n) is 3.09. The summed E-state index contributed by atoms with van der Waals surface area (Å²) in [6.45, 7) is 4.69. The Labute approximate surface area is 159 Å². The maximum absolute atomic E-state index is 12.5. The van der Waals surface area contributed by atoms with Gasteiger partial charge in [0.05, 0.1) is 11.4 Å². The number of hydrogen-bond donors (Lipinski definition) is 1. The van der Waals surface area contributed by atoms with E-state index in [9.17, 15) is 9.59 Å². The predicted octanol–water partition coefficient (Wildman–Crippen LogP) is 4.67. The molecule has 4 nitrogen and oxygen atoms in total. The molecule has 2 aromatic carbocycles. The van der Waals surface area contributed by atoms with Gasteiger partial charge in [0.25, 0.3) is 0 Å². The Balaban J connectivity index is 1.66. The molecule has 1 aliphatic heterocycles. The standard InChI is InChI=1S/C21H24N2O2S/c1-3-15(2)16-8-4-5-9-17(16)22-20(24)12-13-23-18-10-6-7-11-19(18)26-14-21(23)25/h4-11,15H,3,12-14H2,1-2H3,(H,22,24). The number of hydrogen-bond acceptors (Lipinski definition) is 3. The molecule has 1 atom stereocenters. The van der Waals surface area contributed by atoms with Crippen LogP contribution in [0.15, 0.2) is 53.4 Å². The second-order valence-electron chi connectivity index (χ2n) is 6.50. The molecule has 0 saturated heterocycles. The first-order valence-corrected chi connectivity index (χ1v) is 9.99. The average Bonchev–Trinajstić information content (AvgIpc) is 2.67. The summed E-state index contributed by atoms with van der Waals surface area (Å²) in [6.07, 6.45) is 1.29. The molecule has 2 amide bonds. The summed E-state index contributed by atoms with van der Waals surface area (Å²) in [5.41, 5.74) is 2.92. The largest absolute Gasteiger partial charge is 0.326 e. The number of carbonyl (C=O) groups is 2. The molecule has 0 aromatic heterocycles. The number of benzene rings is 2. The number of carbonyl (C=O) groups excluding carboxylic acids is 2. The highest BCUT2D eigenvalue weighted by Gasteiger charge is 2.24. The van der Waals surface area contributed by atoms with E-state index in [0.29, 0.717) is 18.2 Å². The number of rotatable bonds is 6. The lowest BCUT2D eigenvalue weighted by Crippen LogP contribution is -2.37. The second-order valence-corrected chi connectivity index (χ2v) is 7.51. The van der Waals surface area contributed by atoms with E-state index in [-0.39, 0.29) is 18.2 Å². The number of amides is 2. The van der Waals surface area contributed by atoms with Crippen LogP contribution in [-0.4, -0.2) is 24.1 Å². The first-order valence-electron chi connectivity index (χ1n) is 9.01. The molecule has 0 spiro atoms. The van der Waals surface area contributed by atoms with E-state index in [2.05, 4.69) is 25.2 Å². The Morgan fingerprint density at radius 2 is 1.92 bits per heavy atom. The van der Waals surface area contributed by atoms with Gasteiger partial charge in [0.1, 0.15) is 0 Å². The van der Waals surface area contributed by atoms with Crippen LogP contribution in [0, 0.1) is 0 Å². The summed E-state index contributed by atoms with van der Waals surface area (Å²) < 4.78 is 0. The van der Waals surface area contributed by atoms with E-state index in [1.807, 2.05) is 42.5 Å². The minimum absolute atomic E-state index is 0.0569. The summed E-state index contributed by atoms with van der Waals surface area (Å²) in [7, 11) is 0. The van der Waals surface area contributed by atoms with Crippen molar-refractivity contribution in [2.24, 2.45) is 0 Å². The third-order valence-electron chi connectivity index (χ3n) is 4.75. The van der Waals surface area contributed by atoms with E-state index in [1.165, 1.54) is 0 Å². The van der Waals surface area contributed by atoms with Gasteiger partial charge >= 0.3 is 0 Å². The molecule has 0 aliphatic carbocycles. The van der Waals surface area contributed by atoms with Crippen LogP contribution in [0.2, 0.25) is 0 Å². The second kappa shape index (κ2) is 8.41. The van der Waals surface area contributed by atoms with Crippen LogP contribution in [0.3, 0.4) is 0 Å². The van der Waals surface area contributed by atoms with Crippen molar-refractivity contribution < 1.29 is 9.59 Å². The van der Waals surface area contributed by atoms with Crippen LogP contribution in [-0.2, 0) is 9.59 Å². The van der Waals surface area contributed by atoms with Gasteiger partial charge in [-0.05, 0) is 36.1 Å². The summed E-state index contributed by atoms with van der Waals surface area (Å²) in [5.74, 6) is 0.806. The Morgan fingerprint density at radius 3 is 2.73 bits per heavy atom. The van der Waals surface area contributed by atoms with E-state index in [4.69, 9.17) is 0 Å². The van der Waals surface area contributed by atoms with Crippen molar-refractivity contribution in [1.82, 2.24) is 0 Å². The van der Waals surface area contributed by atoms with Crippen molar-refractivity contribution in [1.29, 1.82) is 0 Å². The molecule has 0 fully saturated rings. The summed E-state index contributed by atoms with van der Waals surface area (Å²) >= 11 is 1.55. The number of anilines is 2. The normalized spacial score (nSPS) is 14.7. The maximum Gasteiger partial charge on any atom is 0.237 e. The van der Waals surface area contributed by atoms with Crippen LogP contribution < -0.4 is 10.2 Å². The molecule has 0 saturated carbocycles. The van der Waals surface area contributed by atoms with Gasteiger partial charge in [-0.1, -0.05) is 44.2 Å². The van der Waals surface area contributed by atoms with Crippen molar-refractivity contribution in [2.45, 2.75) is 37.5 Å². The molecule has 1 heterocycles. The Bertz CT molecular complexity index is 806. The SMILES string of the molecule is CCC(C)c1ccccc1NC(=O)CCN1C(=O)CSc2ccccc21. The molecular formula is C21H24N2O2S. The monoisotopic (exact) mass is 368 g/mol. The molecule has 5 heteroatoms.